The van der Waals surface area contributed by atoms with E-state index in [9.17, 15) is 9.59 Å². The number of hydrogen-bond acceptors (Lipinski definition) is 7. The highest BCUT2D eigenvalue weighted by atomic mass is 35.5. The second kappa shape index (κ2) is 11.4. The van der Waals surface area contributed by atoms with Crippen molar-refractivity contribution in [2.45, 2.75) is 25.7 Å². The lowest BCUT2D eigenvalue weighted by Crippen LogP contribution is -2.33. The quantitative estimate of drug-likeness (QED) is 0.524. The number of rotatable bonds is 10. The molecule has 0 unspecified atom stereocenters. The van der Waals surface area contributed by atoms with Crippen LogP contribution in [0.4, 0.5) is 5.69 Å². The first-order valence-electron chi connectivity index (χ1n) is 10.4. The van der Waals surface area contributed by atoms with Gasteiger partial charge in [-0.1, -0.05) is 11.6 Å². The van der Waals surface area contributed by atoms with Gasteiger partial charge in [0.1, 0.15) is 11.8 Å². The number of methoxy groups -OCH3 is 1. The Bertz CT molecular complexity index is 1010. The normalized spacial score (nSPS) is 13.2. The van der Waals surface area contributed by atoms with Crippen molar-refractivity contribution in [3.8, 4) is 11.8 Å². The van der Waals surface area contributed by atoms with Crippen molar-refractivity contribution in [2.75, 3.05) is 38.6 Å². The Hall–Kier alpha value is -3.22. The molecular formula is C22H25ClN6O3. The summed E-state index contributed by atoms with van der Waals surface area (Å²) >= 11 is 6.43. The summed E-state index contributed by atoms with van der Waals surface area (Å²) in [6, 6.07) is 5.36. The molecule has 9 nitrogen and oxygen atoms in total. The van der Waals surface area contributed by atoms with Crippen molar-refractivity contribution in [2.24, 2.45) is 0 Å². The summed E-state index contributed by atoms with van der Waals surface area (Å²) in [7, 11) is 1.53. The lowest BCUT2D eigenvalue weighted by molar-refractivity contribution is -0.127. The van der Waals surface area contributed by atoms with Crippen LogP contribution in [0.15, 0.2) is 24.5 Å². The van der Waals surface area contributed by atoms with E-state index in [1.54, 1.807) is 6.07 Å². The fourth-order valence-corrected chi connectivity index (χ4v) is 3.68. The number of likely N-dealkylation sites (tertiary alicyclic amines) is 1. The van der Waals surface area contributed by atoms with E-state index in [4.69, 9.17) is 21.6 Å². The number of ether oxygens (including phenoxy) is 1. The fraction of sp³-hybridized carbons (Fsp3) is 0.409. The predicted octanol–water partition coefficient (Wildman–Crippen LogP) is 1.95. The molecule has 0 spiro atoms. The molecule has 1 aliphatic rings. The van der Waals surface area contributed by atoms with E-state index in [-0.39, 0.29) is 23.9 Å². The molecule has 0 aliphatic carbocycles. The average Bonchev–Trinajstić information content (AvgIpc) is 3.20. The molecule has 0 radical (unpaired) electrons. The molecule has 1 aromatic heterocycles. The van der Waals surface area contributed by atoms with Gasteiger partial charge in [0.05, 0.1) is 37.3 Å². The molecule has 1 saturated heterocycles. The third-order valence-electron chi connectivity index (χ3n) is 5.11. The first-order valence-corrected chi connectivity index (χ1v) is 10.7. The summed E-state index contributed by atoms with van der Waals surface area (Å²) in [4.78, 5) is 33.9. The Balaban J connectivity index is 1.52. The van der Waals surface area contributed by atoms with Gasteiger partial charge in [-0.3, -0.25) is 14.6 Å². The molecule has 2 aromatic rings. The summed E-state index contributed by atoms with van der Waals surface area (Å²) in [5.74, 6) is 0.430. The second-order valence-electron chi connectivity index (χ2n) is 7.36. The van der Waals surface area contributed by atoms with E-state index in [1.807, 2.05) is 17.0 Å². The maximum absolute atomic E-state index is 12.4. The third kappa shape index (κ3) is 6.39. The zero-order valence-electron chi connectivity index (χ0n) is 17.9. The van der Waals surface area contributed by atoms with E-state index in [0.29, 0.717) is 48.1 Å². The summed E-state index contributed by atoms with van der Waals surface area (Å²) in [6.45, 7) is 2.99. The lowest BCUT2D eigenvalue weighted by Gasteiger charge is -2.16. The van der Waals surface area contributed by atoms with E-state index in [1.165, 1.54) is 19.5 Å². The highest BCUT2D eigenvalue weighted by Crippen LogP contribution is 2.31. The van der Waals surface area contributed by atoms with Crippen molar-refractivity contribution in [1.82, 2.24) is 20.2 Å². The zero-order valence-corrected chi connectivity index (χ0v) is 18.6. The number of carbonyl (C=O) groups is 2. The Morgan fingerprint density at radius 2 is 2.16 bits per heavy atom. The molecule has 1 fully saturated rings. The standard InChI is InChI=1S/C22H25ClN6O3/c1-32-20-9-15(4-5-25-6-8-29-7-2-3-22(29)31)18(23)11-19(20)28-21(30)10-16-13-27-17(12-24)14-26-16/h9,11,13-14,25H,2-8,10H2,1H3,(H,28,30). The number of anilines is 1. The lowest BCUT2D eigenvalue weighted by atomic mass is 10.1. The zero-order chi connectivity index (χ0) is 22.9. The van der Waals surface area contributed by atoms with E-state index >= 15 is 0 Å². The van der Waals surface area contributed by atoms with Crippen LogP contribution in [0.25, 0.3) is 0 Å². The number of amides is 2. The van der Waals surface area contributed by atoms with Crippen LogP contribution >= 0.6 is 11.6 Å². The van der Waals surface area contributed by atoms with Gasteiger partial charge < -0.3 is 20.3 Å². The number of aromatic nitrogens is 2. The summed E-state index contributed by atoms with van der Waals surface area (Å²) in [5.41, 5.74) is 2.00. The first kappa shape index (κ1) is 23.4. The predicted molar refractivity (Wildman–Crippen MR) is 119 cm³/mol. The number of hydrogen-bond donors (Lipinski definition) is 2. The summed E-state index contributed by atoms with van der Waals surface area (Å²) in [6.07, 6.45) is 5.00. The second-order valence-corrected chi connectivity index (χ2v) is 7.77. The van der Waals surface area contributed by atoms with Gasteiger partial charge in [0.25, 0.3) is 0 Å². The largest absolute Gasteiger partial charge is 0.495 e. The number of carbonyl (C=O) groups excluding carboxylic acids is 2. The molecule has 3 rings (SSSR count). The number of nitrogens with one attached hydrogen (secondary N) is 2. The van der Waals surface area contributed by atoms with Crippen LogP contribution in [-0.4, -0.2) is 60.0 Å². The molecular weight excluding hydrogens is 432 g/mol. The van der Waals surface area contributed by atoms with Gasteiger partial charge in [0.2, 0.25) is 11.8 Å². The smallest absolute Gasteiger partial charge is 0.230 e. The molecule has 1 aromatic carbocycles. The number of nitrogens with zero attached hydrogens (tertiary/aromatic N) is 4. The van der Waals surface area contributed by atoms with Crippen molar-refractivity contribution >= 4 is 29.1 Å². The molecule has 0 saturated carbocycles. The van der Waals surface area contributed by atoms with Crippen molar-refractivity contribution < 1.29 is 14.3 Å². The topological polar surface area (TPSA) is 120 Å². The number of nitriles is 1. The van der Waals surface area contributed by atoms with Gasteiger partial charge in [-0.2, -0.15) is 5.26 Å². The molecule has 0 atom stereocenters. The molecule has 10 heteroatoms. The van der Waals surface area contributed by atoms with Gasteiger partial charge in [0.15, 0.2) is 5.69 Å². The van der Waals surface area contributed by atoms with E-state index in [0.717, 1.165) is 25.1 Å². The van der Waals surface area contributed by atoms with Crippen LogP contribution in [0.1, 0.15) is 29.8 Å². The average molecular weight is 457 g/mol. The molecule has 0 bridgehead atoms. The minimum Gasteiger partial charge on any atom is -0.495 e. The number of halogens is 1. The van der Waals surface area contributed by atoms with Crippen LogP contribution in [0.2, 0.25) is 5.02 Å². The SMILES string of the molecule is COc1cc(CCNCCN2CCCC2=O)c(Cl)cc1NC(=O)Cc1cnc(C#N)cn1. The Morgan fingerprint density at radius 3 is 2.81 bits per heavy atom. The highest BCUT2D eigenvalue weighted by molar-refractivity contribution is 6.31. The molecule has 1 aliphatic heterocycles. The van der Waals surface area contributed by atoms with Crippen LogP contribution in [0.5, 0.6) is 5.75 Å². The molecule has 2 amide bonds. The van der Waals surface area contributed by atoms with Gasteiger partial charge in [0, 0.05) is 31.1 Å². The minimum atomic E-state index is -0.302. The van der Waals surface area contributed by atoms with Crippen LogP contribution in [0.3, 0.4) is 0 Å². The van der Waals surface area contributed by atoms with Crippen molar-refractivity contribution in [3.05, 3.63) is 46.5 Å². The van der Waals surface area contributed by atoms with Crippen molar-refractivity contribution in [1.29, 1.82) is 5.26 Å². The van der Waals surface area contributed by atoms with Gasteiger partial charge in [-0.15, -0.1) is 0 Å². The maximum Gasteiger partial charge on any atom is 0.230 e. The Morgan fingerprint density at radius 1 is 1.31 bits per heavy atom. The van der Waals surface area contributed by atoms with E-state index in [2.05, 4.69) is 20.6 Å². The van der Waals surface area contributed by atoms with Gasteiger partial charge in [-0.25, -0.2) is 4.98 Å². The summed E-state index contributed by atoms with van der Waals surface area (Å²) in [5, 5.41) is 15.4. The van der Waals surface area contributed by atoms with Gasteiger partial charge in [-0.05, 0) is 37.1 Å². The highest BCUT2D eigenvalue weighted by Gasteiger charge is 2.19. The maximum atomic E-state index is 12.4. The monoisotopic (exact) mass is 456 g/mol. The third-order valence-corrected chi connectivity index (χ3v) is 5.46. The first-order chi connectivity index (χ1) is 15.5. The van der Waals surface area contributed by atoms with Gasteiger partial charge >= 0.3 is 0 Å². The van der Waals surface area contributed by atoms with Crippen molar-refractivity contribution in [3.63, 3.8) is 0 Å². The van der Waals surface area contributed by atoms with Crippen LogP contribution in [-0.2, 0) is 22.4 Å². The molecule has 2 heterocycles. The number of benzene rings is 1. The Kier molecular flexibility index (Phi) is 8.36. The fourth-order valence-electron chi connectivity index (χ4n) is 3.42. The summed E-state index contributed by atoms with van der Waals surface area (Å²) < 4.78 is 5.43. The molecule has 168 valence electrons. The molecule has 2 N–H and O–H groups in total. The van der Waals surface area contributed by atoms with Crippen LogP contribution in [0, 0.1) is 11.3 Å². The molecule has 32 heavy (non-hydrogen) atoms. The minimum absolute atomic E-state index is 0.00464. The van der Waals surface area contributed by atoms with Crippen LogP contribution < -0.4 is 15.4 Å². The van der Waals surface area contributed by atoms with E-state index < -0.39 is 0 Å². The Labute approximate surface area is 191 Å².